The van der Waals surface area contributed by atoms with Gasteiger partial charge in [-0.15, -0.1) is 0 Å². The summed E-state index contributed by atoms with van der Waals surface area (Å²) in [6, 6.07) is 11.0. The largest absolute Gasteiger partial charge is 0.481 e. The van der Waals surface area contributed by atoms with Crippen LogP contribution in [0.5, 0.6) is 5.88 Å². The average molecular weight is 500 g/mol. The summed E-state index contributed by atoms with van der Waals surface area (Å²) in [5.41, 5.74) is 1.98. The lowest BCUT2D eigenvalue weighted by Crippen LogP contribution is -2.46. The number of methoxy groups -OCH3 is 1. The number of nitrogens with zero attached hydrogens (tertiary/aromatic N) is 3. The fraction of sp³-hybridized carbons (Fsp3) is 0.333. The molecule has 2 aromatic carbocycles. The van der Waals surface area contributed by atoms with Gasteiger partial charge in [0.15, 0.2) is 0 Å². The van der Waals surface area contributed by atoms with E-state index in [1.165, 1.54) is 30.2 Å². The highest BCUT2D eigenvalue weighted by molar-refractivity contribution is 6.13. The molecule has 36 heavy (non-hydrogen) atoms. The molecule has 1 amide bonds. The summed E-state index contributed by atoms with van der Waals surface area (Å²) >= 11 is 0. The lowest BCUT2D eigenvalue weighted by atomic mass is 10.00. The van der Waals surface area contributed by atoms with E-state index in [4.69, 9.17) is 4.74 Å². The van der Waals surface area contributed by atoms with E-state index in [0.29, 0.717) is 41.5 Å². The Hall–Kier alpha value is -3.62. The maximum Gasteiger partial charge on any atom is 0.416 e. The number of benzene rings is 2. The molecule has 3 aromatic rings. The van der Waals surface area contributed by atoms with Crippen LogP contribution in [0.1, 0.15) is 52.9 Å². The first-order chi connectivity index (χ1) is 17.3. The smallest absolute Gasteiger partial charge is 0.416 e. The zero-order chi connectivity index (χ0) is 25.4. The molecule has 0 saturated heterocycles. The van der Waals surface area contributed by atoms with Gasteiger partial charge < -0.3 is 9.64 Å². The molecule has 2 aliphatic heterocycles. The van der Waals surface area contributed by atoms with Crippen LogP contribution >= 0.6 is 0 Å². The van der Waals surface area contributed by atoms with E-state index in [9.17, 15) is 22.4 Å². The molecule has 0 aliphatic carbocycles. The highest BCUT2D eigenvalue weighted by Crippen LogP contribution is 2.41. The maximum atomic E-state index is 14.2. The predicted molar refractivity (Wildman–Crippen MR) is 128 cm³/mol. The van der Waals surface area contributed by atoms with Gasteiger partial charge in [-0.3, -0.25) is 9.69 Å². The Labute approximate surface area is 206 Å². The number of carbonyl (C=O) groups is 1. The number of aromatic nitrogens is 1. The standard InChI is InChI=1S/C27H25F4N3O2/c1-36-25-13-12-24-21(32-25)7-5-3-2-4-6-17-14-19(28)9-11-22(17)33-16-34(24)26(35)20-15-18(27(29,30)31)8-10-23(20)33/h8-15H,2-7,16H2,1H3. The minimum atomic E-state index is -4.60. The van der Waals surface area contributed by atoms with E-state index in [2.05, 4.69) is 4.98 Å². The summed E-state index contributed by atoms with van der Waals surface area (Å²) in [4.78, 5) is 21.5. The van der Waals surface area contributed by atoms with Crippen molar-refractivity contribution in [3.8, 4) is 5.88 Å². The normalized spacial score (nSPS) is 16.2. The fourth-order valence-corrected chi connectivity index (χ4v) is 4.93. The van der Waals surface area contributed by atoms with Crippen molar-refractivity contribution in [1.82, 2.24) is 4.98 Å². The lowest BCUT2D eigenvalue weighted by molar-refractivity contribution is -0.137. The van der Waals surface area contributed by atoms with Gasteiger partial charge in [0.2, 0.25) is 5.88 Å². The number of pyridine rings is 1. The van der Waals surface area contributed by atoms with Gasteiger partial charge in [0.05, 0.1) is 35.3 Å². The highest BCUT2D eigenvalue weighted by Gasteiger charge is 2.37. The summed E-state index contributed by atoms with van der Waals surface area (Å²) in [5.74, 6) is -0.517. The third-order valence-corrected chi connectivity index (χ3v) is 6.74. The monoisotopic (exact) mass is 499 g/mol. The number of ether oxygens (including phenoxy) is 1. The first-order valence-electron chi connectivity index (χ1n) is 11.9. The number of halogens is 4. The summed E-state index contributed by atoms with van der Waals surface area (Å²) < 4.78 is 60.3. The van der Waals surface area contributed by atoms with E-state index in [-0.39, 0.29) is 18.0 Å². The number of amides is 1. The molecule has 0 radical (unpaired) electrons. The Kier molecular flexibility index (Phi) is 6.32. The second-order valence-corrected chi connectivity index (χ2v) is 9.04. The Morgan fingerprint density at radius 3 is 2.33 bits per heavy atom. The number of hydrogen-bond acceptors (Lipinski definition) is 4. The molecule has 0 atom stereocenters. The van der Waals surface area contributed by atoms with E-state index in [0.717, 1.165) is 43.4 Å². The van der Waals surface area contributed by atoms with Crippen LogP contribution in [0, 0.1) is 5.82 Å². The fourth-order valence-electron chi connectivity index (χ4n) is 4.93. The Morgan fingerprint density at radius 1 is 0.861 bits per heavy atom. The zero-order valence-corrected chi connectivity index (χ0v) is 19.7. The van der Waals surface area contributed by atoms with Gasteiger partial charge in [-0.05, 0) is 73.7 Å². The first-order valence-corrected chi connectivity index (χ1v) is 11.9. The highest BCUT2D eigenvalue weighted by atomic mass is 19.4. The molecule has 2 aliphatic rings. The van der Waals surface area contributed by atoms with Gasteiger partial charge in [-0.1, -0.05) is 12.8 Å². The van der Waals surface area contributed by atoms with Gasteiger partial charge >= 0.3 is 6.18 Å². The molecule has 3 heterocycles. The molecule has 5 rings (SSSR count). The van der Waals surface area contributed by atoms with E-state index < -0.39 is 17.6 Å². The van der Waals surface area contributed by atoms with Crippen LogP contribution in [0.15, 0.2) is 48.5 Å². The molecule has 188 valence electrons. The molecule has 0 unspecified atom stereocenters. The van der Waals surface area contributed by atoms with E-state index >= 15 is 0 Å². The third kappa shape index (κ3) is 4.50. The van der Waals surface area contributed by atoms with Crippen molar-refractivity contribution in [2.75, 3.05) is 23.6 Å². The van der Waals surface area contributed by atoms with Crippen molar-refractivity contribution < 1.29 is 27.1 Å². The Bertz CT molecular complexity index is 1310. The minimum absolute atomic E-state index is 0.0524. The van der Waals surface area contributed by atoms with Gasteiger partial charge in [0.25, 0.3) is 5.91 Å². The van der Waals surface area contributed by atoms with Crippen molar-refractivity contribution in [3.63, 3.8) is 0 Å². The molecule has 9 heteroatoms. The molecular weight excluding hydrogens is 474 g/mol. The molecule has 0 spiro atoms. The second-order valence-electron chi connectivity index (χ2n) is 9.04. The number of aryl methyl sites for hydroxylation is 2. The van der Waals surface area contributed by atoms with Crippen LogP contribution < -0.4 is 14.5 Å². The van der Waals surface area contributed by atoms with Crippen LogP contribution in [0.25, 0.3) is 0 Å². The molecular formula is C27H25F4N3O2. The Morgan fingerprint density at radius 2 is 1.58 bits per heavy atom. The average Bonchev–Trinajstić information content (AvgIpc) is 2.87. The van der Waals surface area contributed by atoms with Crippen LogP contribution in [-0.4, -0.2) is 24.7 Å². The molecule has 0 saturated carbocycles. The summed E-state index contributed by atoms with van der Waals surface area (Å²) in [5, 5.41) is 0. The van der Waals surface area contributed by atoms with Gasteiger partial charge in [0.1, 0.15) is 12.5 Å². The van der Waals surface area contributed by atoms with Crippen LogP contribution in [0.3, 0.4) is 0 Å². The van der Waals surface area contributed by atoms with Gasteiger partial charge in [0, 0.05) is 11.8 Å². The molecule has 5 nitrogen and oxygen atoms in total. The summed E-state index contributed by atoms with van der Waals surface area (Å²) in [6.45, 7) is 0.0524. The minimum Gasteiger partial charge on any atom is -0.481 e. The summed E-state index contributed by atoms with van der Waals surface area (Å²) in [7, 11) is 1.51. The van der Waals surface area contributed by atoms with E-state index in [1.807, 2.05) is 0 Å². The number of fused-ring (bicyclic) bond motifs is 8. The van der Waals surface area contributed by atoms with E-state index in [1.54, 1.807) is 23.1 Å². The van der Waals surface area contributed by atoms with Crippen LogP contribution in [-0.2, 0) is 19.0 Å². The number of hydrogen-bond donors (Lipinski definition) is 0. The zero-order valence-electron chi connectivity index (χ0n) is 19.7. The Balaban J connectivity index is 1.73. The summed E-state index contributed by atoms with van der Waals surface area (Å²) in [6.07, 6.45) is 0.128. The van der Waals surface area contributed by atoms with Crippen molar-refractivity contribution in [2.24, 2.45) is 0 Å². The third-order valence-electron chi connectivity index (χ3n) is 6.74. The number of rotatable bonds is 1. The van der Waals surface area contributed by atoms with Crippen LogP contribution in [0.2, 0.25) is 0 Å². The number of anilines is 3. The lowest BCUT2D eigenvalue weighted by Gasteiger charge is -2.39. The van der Waals surface area contributed by atoms with Gasteiger partial charge in [-0.25, -0.2) is 9.37 Å². The van der Waals surface area contributed by atoms with Crippen molar-refractivity contribution in [3.05, 3.63) is 76.7 Å². The molecule has 2 bridgehead atoms. The maximum absolute atomic E-state index is 14.2. The van der Waals surface area contributed by atoms with Crippen molar-refractivity contribution in [2.45, 2.75) is 44.7 Å². The first kappa shape index (κ1) is 24.1. The van der Waals surface area contributed by atoms with Crippen LogP contribution in [0.4, 0.5) is 34.6 Å². The number of carbonyl (C=O) groups excluding carboxylic acids is 1. The molecule has 1 aromatic heterocycles. The molecule has 0 N–H and O–H groups in total. The topological polar surface area (TPSA) is 45.7 Å². The number of alkyl halides is 3. The quantitative estimate of drug-likeness (QED) is 0.351. The second kappa shape index (κ2) is 9.44. The van der Waals surface area contributed by atoms with Crippen molar-refractivity contribution in [1.29, 1.82) is 0 Å². The molecule has 0 fully saturated rings. The van der Waals surface area contributed by atoms with Gasteiger partial charge in [-0.2, -0.15) is 13.2 Å². The SMILES string of the molecule is COc1ccc2c(n1)CCCCCCc1cc(F)ccc1N1CN2C(=O)c2cc(C(F)(F)F)ccc21. The van der Waals surface area contributed by atoms with Crippen molar-refractivity contribution >= 4 is 23.0 Å². The predicted octanol–water partition coefficient (Wildman–Crippen LogP) is 6.66.